The van der Waals surface area contributed by atoms with Crippen molar-refractivity contribution in [1.29, 1.82) is 0 Å². The molecule has 0 fully saturated rings. The zero-order chi connectivity index (χ0) is 31.3. The van der Waals surface area contributed by atoms with Crippen LogP contribution in [0.2, 0.25) is 0 Å². The van der Waals surface area contributed by atoms with Crippen LogP contribution in [0.25, 0.3) is 0 Å². The van der Waals surface area contributed by atoms with E-state index in [0.29, 0.717) is 15.9 Å². The SMILES string of the molecule is CC(C)(C)NC(=O)[C@H](Cc1ccccc1)N(Cc1cccc(Br)c1)C(=O)CN(c1cccc(C(F)(F)F)c1)S(C)(=O)=O. The van der Waals surface area contributed by atoms with E-state index in [1.54, 1.807) is 57.2 Å². The second-order valence-corrected chi connectivity index (χ2v) is 13.7. The van der Waals surface area contributed by atoms with Crippen LogP contribution in [0.15, 0.2) is 83.3 Å². The highest BCUT2D eigenvalue weighted by Gasteiger charge is 2.35. The number of amides is 2. The number of rotatable bonds is 10. The zero-order valence-electron chi connectivity index (χ0n) is 23.7. The van der Waals surface area contributed by atoms with Gasteiger partial charge >= 0.3 is 6.18 Å². The van der Waals surface area contributed by atoms with Crippen molar-refractivity contribution in [3.8, 4) is 0 Å². The van der Waals surface area contributed by atoms with Crippen LogP contribution in [0.5, 0.6) is 0 Å². The van der Waals surface area contributed by atoms with Crippen LogP contribution < -0.4 is 9.62 Å². The van der Waals surface area contributed by atoms with E-state index >= 15 is 0 Å². The van der Waals surface area contributed by atoms with Crippen LogP contribution in [-0.2, 0) is 38.8 Å². The first-order valence-electron chi connectivity index (χ1n) is 13.0. The summed E-state index contributed by atoms with van der Waals surface area (Å²) in [6.45, 7) is 4.51. The number of nitrogens with zero attached hydrogens (tertiary/aromatic N) is 2. The van der Waals surface area contributed by atoms with Gasteiger partial charge in [0, 0.05) is 23.0 Å². The molecule has 1 atom stereocenters. The van der Waals surface area contributed by atoms with Gasteiger partial charge in [0.1, 0.15) is 12.6 Å². The summed E-state index contributed by atoms with van der Waals surface area (Å²) in [4.78, 5) is 29.0. The van der Waals surface area contributed by atoms with Crippen LogP contribution in [0.1, 0.15) is 37.5 Å². The molecule has 0 aliphatic carbocycles. The summed E-state index contributed by atoms with van der Waals surface area (Å²) in [7, 11) is -4.21. The molecule has 0 aliphatic heterocycles. The molecule has 0 saturated carbocycles. The summed E-state index contributed by atoms with van der Waals surface area (Å²) in [5, 5.41) is 2.91. The standard InChI is InChI=1S/C30H33BrF3N3O4S/c1-29(2,3)35-28(39)26(17-21-10-6-5-7-11-21)36(19-22-12-8-14-24(31)16-22)27(38)20-37(42(4,40)41)25-15-9-13-23(18-25)30(32,33)34/h5-16,18,26H,17,19-20H2,1-4H3,(H,35,39)/t26-/m0/s1. The van der Waals surface area contributed by atoms with Crippen LogP contribution in [0, 0.1) is 0 Å². The van der Waals surface area contributed by atoms with Crippen LogP contribution in [0.3, 0.4) is 0 Å². The van der Waals surface area contributed by atoms with E-state index < -0.39 is 51.7 Å². The van der Waals surface area contributed by atoms with Crippen molar-refractivity contribution < 1.29 is 31.2 Å². The number of carbonyl (C=O) groups excluding carboxylic acids is 2. The average molecular weight is 669 g/mol. The van der Waals surface area contributed by atoms with Gasteiger partial charge in [-0.3, -0.25) is 13.9 Å². The van der Waals surface area contributed by atoms with E-state index in [0.717, 1.165) is 28.4 Å². The van der Waals surface area contributed by atoms with Crippen LogP contribution >= 0.6 is 15.9 Å². The monoisotopic (exact) mass is 667 g/mol. The molecule has 0 aliphatic rings. The third kappa shape index (κ3) is 9.59. The lowest BCUT2D eigenvalue weighted by molar-refractivity contribution is -0.140. The number of alkyl halides is 3. The number of benzene rings is 3. The molecule has 0 unspecified atom stereocenters. The highest BCUT2D eigenvalue weighted by molar-refractivity contribution is 9.10. The van der Waals surface area contributed by atoms with Gasteiger partial charge < -0.3 is 10.2 Å². The second kappa shape index (κ2) is 13.3. The van der Waals surface area contributed by atoms with E-state index in [9.17, 15) is 31.2 Å². The Labute approximate surface area is 252 Å². The van der Waals surface area contributed by atoms with Crippen molar-refractivity contribution in [2.45, 2.75) is 51.5 Å². The molecule has 12 heteroatoms. The summed E-state index contributed by atoms with van der Waals surface area (Å²) < 4.78 is 67.3. The second-order valence-electron chi connectivity index (χ2n) is 10.9. The topological polar surface area (TPSA) is 86.8 Å². The van der Waals surface area contributed by atoms with Crippen molar-refractivity contribution >= 4 is 43.5 Å². The Kier molecular flexibility index (Phi) is 10.5. The molecule has 2 amide bonds. The minimum atomic E-state index is -4.72. The fourth-order valence-corrected chi connectivity index (χ4v) is 5.58. The van der Waals surface area contributed by atoms with Gasteiger partial charge in [-0.25, -0.2) is 8.42 Å². The van der Waals surface area contributed by atoms with Crippen molar-refractivity contribution in [1.82, 2.24) is 10.2 Å². The molecule has 0 spiro atoms. The molecule has 3 rings (SSSR count). The van der Waals surface area contributed by atoms with Crippen LogP contribution in [-0.4, -0.2) is 49.5 Å². The Balaban J connectivity index is 2.10. The Morgan fingerprint density at radius 3 is 2.10 bits per heavy atom. The molecular formula is C30H33BrF3N3O4S. The lowest BCUT2D eigenvalue weighted by Crippen LogP contribution is -2.56. The fraction of sp³-hybridized carbons (Fsp3) is 0.333. The van der Waals surface area contributed by atoms with Crippen molar-refractivity contribution in [3.63, 3.8) is 0 Å². The predicted octanol–water partition coefficient (Wildman–Crippen LogP) is 5.79. The van der Waals surface area contributed by atoms with Gasteiger partial charge in [-0.05, 0) is 62.2 Å². The van der Waals surface area contributed by atoms with E-state index in [1.807, 2.05) is 18.2 Å². The maximum absolute atomic E-state index is 14.1. The van der Waals surface area contributed by atoms with Gasteiger partial charge in [0.05, 0.1) is 17.5 Å². The minimum absolute atomic E-state index is 0.0620. The number of hydrogen-bond donors (Lipinski definition) is 1. The third-order valence-electron chi connectivity index (χ3n) is 6.15. The molecule has 3 aromatic rings. The first kappa shape index (κ1) is 33.1. The predicted molar refractivity (Wildman–Crippen MR) is 160 cm³/mol. The van der Waals surface area contributed by atoms with Gasteiger partial charge in [0.25, 0.3) is 0 Å². The lowest BCUT2D eigenvalue weighted by Gasteiger charge is -2.35. The molecular weight excluding hydrogens is 635 g/mol. The quantitative estimate of drug-likeness (QED) is 0.297. The van der Waals surface area contributed by atoms with Gasteiger partial charge in [-0.15, -0.1) is 0 Å². The molecule has 1 N–H and O–H groups in total. The van der Waals surface area contributed by atoms with Gasteiger partial charge in [-0.1, -0.05) is 64.5 Å². The first-order chi connectivity index (χ1) is 19.4. The minimum Gasteiger partial charge on any atom is -0.350 e. The van der Waals surface area contributed by atoms with Crippen LogP contribution in [0.4, 0.5) is 18.9 Å². The van der Waals surface area contributed by atoms with Gasteiger partial charge in [0.15, 0.2) is 0 Å². The highest BCUT2D eigenvalue weighted by Crippen LogP contribution is 2.32. The molecule has 42 heavy (non-hydrogen) atoms. The maximum atomic E-state index is 14.1. The largest absolute Gasteiger partial charge is 0.416 e. The maximum Gasteiger partial charge on any atom is 0.416 e. The van der Waals surface area contributed by atoms with Crippen molar-refractivity contribution in [3.05, 3.63) is 100 Å². The van der Waals surface area contributed by atoms with Gasteiger partial charge in [-0.2, -0.15) is 13.2 Å². The molecule has 3 aromatic carbocycles. The van der Waals surface area contributed by atoms with E-state index in [2.05, 4.69) is 21.2 Å². The summed E-state index contributed by atoms with van der Waals surface area (Å²) >= 11 is 3.41. The molecule has 0 saturated heterocycles. The molecule has 0 aromatic heterocycles. The number of sulfonamides is 1. The normalized spacial score (nSPS) is 12.9. The lowest BCUT2D eigenvalue weighted by atomic mass is 10.0. The zero-order valence-corrected chi connectivity index (χ0v) is 26.1. The summed E-state index contributed by atoms with van der Waals surface area (Å²) in [5.74, 6) is -1.22. The Morgan fingerprint density at radius 1 is 0.905 bits per heavy atom. The number of hydrogen-bond acceptors (Lipinski definition) is 4. The smallest absolute Gasteiger partial charge is 0.350 e. The average Bonchev–Trinajstić information content (AvgIpc) is 2.87. The van der Waals surface area contributed by atoms with Gasteiger partial charge in [0.2, 0.25) is 21.8 Å². The first-order valence-corrected chi connectivity index (χ1v) is 15.6. The molecule has 0 radical (unpaired) electrons. The number of carbonyl (C=O) groups is 2. The summed E-state index contributed by atoms with van der Waals surface area (Å²) in [5.41, 5.74) is -0.603. The number of nitrogens with one attached hydrogen (secondary N) is 1. The Hall–Kier alpha value is -3.38. The fourth-order valence-electron chi connectivity index (χ4n) is 4.29. The Bertz CT molecular complexity index is 1510. The van der Waals surface area contributed by atoms with E-state index in [4.69, 9.17) is 0 Å². The Morgan fingerprint density at radius 2 is 1.52 bits per heavy atom. The summed E-state index contributed by atoms with van der Waals surface area (Å²) in [6.07, 6.45) is -3.79. The summed E-state index contributed by atoms with van der Waals surface area (Å²) in [6, 6.07) is 18.8. The third-order valence-corrected chi connectivity index (χ3v) is 7.79. The molecule has 0 bridgehead atoms. The number of anilines is 1. The van der Waals surface area contributed by atoms with Crippen molar-refractivity contribution in [2.75, 3.05) is 17.1 Å². The highest BCUT2D eigenvalue weighted by atomic mass is 79.9. The number of halogens is 4. The van der Waals surface area contributed by atoms with Crippen molar-refractivity contribution in [2.24, 2.45) is 0 Å². The molecule has 226 valence electrons. The molecule has 7 nitrogen and oxygen atoms in total. The van der Waals surface area contributed by atoms with E-state index in [1.165, 1.54) is 11.0 Å². The van der Waals surface area contributed by atoms with E-state index in [-0.39, 0.29) is 18.7 Å². The molecule has 0 heterocycles.